The molecule has 0 aliphatic rings. The predicted molar refractivity (Wildman–Crippen MR) is 39.0 cm³/mol. The lowest BCUT2D eigenvalue weighted by atomic mass is 10.3. The Kier molecular flexibility index (Phi) is 3.39. The minimum absolute atomic E-state index is 0.704. The van der Waals surface area contributed by atoms with E-state index in [2.05, 4.69) is 13.8 Å². The minimum atomic E-state index is 0.704. The quantitative estimate of drug-likeness (QED) is 0.369. The summed E-state index contributed by atoms with van der Waals surface area (Å²) in [6.07, 6.45) is 0. The molecule has 0 amide bonds. The van der Waals surface area contributed by atoms with Crippen molar-refractivity contribution in [3.63, 3.8) is 0 Å². The molecule has 0 nitrogen and oxygen atoms in total. The first-order valence-corrected chi connectivity index (χ1v) is 3.91. The molecule has 0 aliphatic carbocycles. The average molecular weight is 135 g/mol. The molecular formula is C5H11ClSi. The second kappa shape index (κ2) is 3.27. The molecule has 0 aromatic carbocycles. The zero-order chi connectivity index (χ0) is 5.86. The Morgan fingerprint density at radius 1 is 1.57 bits per heavy atom. The zero-order valence-corrected chi connectivity index (χ0v) is 7.84. The second-order valence-electron chi connectivity index (χ2n) is 1.91. The molecule has 0 heterocycles. The Morgan fingerprint density at radius 3 is 2.00 bits per heavy atom. The molecule has 7 heavy (non-hydrogen) atoms. The maximum absolute atomic E-state index is 5.51. The molecule has 0 radical (unpaired) electrons. The zero-order valence-electron chi connectivity index (χ0n) is 5.09. The third kappa shape index (κ3) is 2.89. The summed E-state index contributed by atoms with van der Waals surface area (Å²) in [6.45, 7) is 4.21. The number of halogens is 1. The largest absolute Gasteiger partial charge is 0.122 e. The maximum Gasteiger partial charge on any atom is 0.0429 e. The molecule has 0 aromatic heterocycles. The first-order valence-electron chi connectivity index (χ1n) is 2.37. The first-order chi connectivity index (χ1) is 3.18. The van der Waals surface area contributed by atoms with Gasteiger partial charge < -0.3 is 0 Å². The highest BCUT2D eigenvalue weighted by molar-refractivity contribution is 6.24. The van der Waals surface area contributed by atoms with Gasteiger partial charge in [0, 0.05) is 16.1 Å². The fraction of sp³-hybridized carbons (Fsp3) is 0.600. The average Bonchev–Trinajstić information content (AvgIpc) is 1.65. The molecule has 0 N–H and O–H groups in total. The van der Waals surface area contributed by atoms with Gasteiger partial charge in [0.2, 0.25) is 0 Å². The van der Waals surface area contributed by atoms with Gasteiger partial charge in [-0.1, -0.05) is 10.8 Å². The lowest BCUT2D eigenvalue weighted by Crippen LogP contribution is -1.82. The lowest BCUT2D eigenvalue weighted by molar-refractivity contribution is 1.35. The fourth-order valence-corrected chi connectivity index (χ4v) is 0.802. The van der Waals surface area contributed by atoms with Crippen molar-refractivity contribution < 1.29 is 0 Å². The summed E-state index contributed by atoms with van der Waals surface area (Å²) in [6, 6.07) is 0. The van der Waals surface area contributed by atoms with Gasteiger partial charge in [0.25, 0.3) is 0 Å². The highest BCUT2D eigenvalue weighted by Gasteiger charge is 1.84. The standard InChI is InChI=1S/C5H11ClSi/c1-4(3-6)5(2)7/h3H2,1-2,7H3. The highest BCUT2D eigenvalue weighted by atomic mass is 35.5. The summed E-state index contributed by atoms with van der Waals surface area (Å²) < 4.78 is 0. The van der Waals surface area contributed by atoms with Gasteiger partial charge >= 0.3 is 0 Å². The minimum Gasteiger partial charge on any atom is -0.122 e. The third-order valence-corrected chi connectivity index (χ3v) is 2.31. The Morgan fingerprint density at radius 2 is 2.00 bits per heavy atom. The van der Waals surface area contributed by atoms with Gasteiger partial charge in [0.15, 0.2) is 0 Å². The van der Waals surface area contributed by atoms with Gasteiger partial charge in [-0.05, 0) is 13.8 Å². The normalized spacial score (nSPS) is 14.1. The molecule has 0 atom stereocenters. The molecule has 0 saturated heterocycles. The van der Waals surface area contributed by atoms with Gasteiger partial charge in [-0.2, -0.15) is 0 Å². The van der Waals surface area contributed by atoms with Crippen molar-refractivity contribution in [1.29, 1.82) is 0 Å². The van der Waals surface area contributed by atoms with Crippen LogP contribution in [0, 0.1) is 0 Å². The van der Waals surface area contributed by atoms with Gasteiger partial charge in [-0.3, -0.25) is 0 Å². The van der Waals surface area contributed by atoms with E-state index in [1.807, 2.05) is 0 Å². The summed E-state index contributed by atoms with van der Waals surface area (Å²) in [7, 11) is 1.16. The lowest BCUT2D eigenvalue weighted by Gasteiger charge is -1.93. The van der Waals surface area contributed by atoms with Crippen molar-refractivity contribution in [2.45, 2.75) is 13.8 Å². The van der Waals surface area contributed by atoms with Crippen molar-refractivity contribution in [2.75, 3.05) is 5.88 Å². The van der Waals surface area contributed by atoms with Gasteiger partial charge in [-0.25, -0.2) is 0 Å². The van der Waals surface area contributed by atoms with E-state index in [9.17, 15) is 0 Å². The van der Waals surface area contributed by atoms with Crippen LogP contribution in [0.4, 0.5) is 0 Å². The van der Waals surface area contributed by atoms with Crippen LogP contribution in [-0.2, 0) is 0 Å². The molecule has 2 heteroatoms. The van der Waals surface area contributed by atoms with Gasteiger partial charge in [0.05, 0.1) is 0 Å². The number of alkyl halides is 1. The number of allylic oxidation sites excluding steroid dienone is 2. The van der Waals surface area contributed by atoms with Crippen molar-refractivity contribution in [3.05, 3.63) is 10.8 Å². The van der Waals surface area contributed by atoms with Crippen molar-refractivity contribution in [3.8, 4) is 0 Å². The van der Waals surface area contributed by atoms with Crippen LogP contribution in [0.2, 0.25) is 0 Å². The van der Waals surface area contributed by atoms with Crippen LogP contribution in [0.25, 0.3) is 0 Å². The predicted octanol–water partition coefficient (Wildman–Crippen LogP) is 0.884. The summed E-state index contributed by atoms with van der Waals surface area (Å²) in [5.74, 6) is 0.704. The Hall–Kier alpha value is 0.247. The van der Waals surface area contributed by atoms with E-state index in [0.717, 1.165) is 10.2 Å². The van der Waals surface area contributed by atoms with Gasteiger partial charge in [0.1, 0.15) is 0 Å². The first kappa shape index (κ1) is 7.25. The summed E-state index contributed by atoms with van der Waals surface area (Å²) in [5.41, 5.74) is 1.34. The smallest absolute Gasteiger partial charge is 0.0429 e. The Balaban J connectivity index is 3.72. The van der Waals surface area contributed by atoms with E-state index in [1.54, 1.807) is 0 Å². The van der Waals surface area contributed by atoms with E-state index < -0.39 is 0 Å². The van der Waals surface area contributed by atoms with Crippen LogP contribution >= 0.6 is 11.6 Å². The van der Waals surface area contributed by atoms with E-state index >= 15 is 0 Å². The number of rotatable bonds is 1. The SMILES string of the molecule is CC([SiH3])=C(C)CCl. The molecule has 0 spiro atoms. The van der Waals surface area contributed by atoms with Crippen LogP contribution in [0.5, 0.6) is 0 Å². The Labute approximate surface area is 53.0 Å². The molecule has 0 unspecified atom stereocenters. The monoisotopic (exact) mass is 134 g/mol. The van der Waals surface area contributed by atoms with Crippen LogP contribution in [-0.4, -0.2) is 16.1 Å². The highest BCUT2D eigenvalue weighted by Crippen LogP contribution is 1.99. The molecule has 0 bridgehead atoms. The third-order valence-electron chi connectivity index (χ3n) is 1.05. The summed E-state index contributed by atoms with van der Waals surface area (Å²) in [4.78, 5) is 0. The molecular weight excluding hydrogens is 124 g/mol. The molecule has 0 aromatic rings. The molecule has 0 saturated carbocycles. The van der Waals surface area contributed by atoms with E-state index in [4.69, 9.17) is 11.6 Å². The second-order valence-corrected chi connectivity index (χ2v) is 3.68. The molecule has 0 fully saturated rings. The maximum atomic E-state index is 5.51. The molecule has 0 aliphatic heterocycles. The fourth-order valence-electron chi connectivity index (χ4n) is 0.134. The molecule has 42 valence electrons. The van der Waals surface area contributed by atoms with Crippen molar-refractivity contribution >= 4 is 21.8 Å². The van der Waals surface area contributed by atoms with Crippen LogP contribution in [0.15, 0.2) is 10.8 Å². The number of hydrogen-bond acceptors (Lipinski definition) is 0. The summed E-state index contributed by atoms with van der Waals surface area (Å²) >= 11 is 5.51. The Bertz CT molecular complexity index is 82.1. The summed E-state index contributed by atoms with van der Waals surface area (Å²) in [5, 5.41) is 1.47. The van der Waals surface area contributed by atoms with Crippen LogP contribution < -0.4 is 0 Å². The van der Waals surface area contributed by atoms with Crippen molar-refractivity contribution in [2.24, 2.45) is 0 Å². The topological polar surface area (TPSA) is 0 Å². The van der Waals surface area contributed by atoms with Crippen molar-refractivity contribution in [1.82, 2.24) is 0 Å². The van der Waals surface area contributed by atoms with E-state index in [0.29, 0.717) is 5.88 Å². The molecule has 0 rings (SSSR count). The van der Waals surface area contributed by atoms with E-state index in [-0.39, 0.29) is 0 Å². The van der Waals surface area contributed by atoms with E-state index in [1.165, 1.54) is 10.8 Å². The van der Waals surface area contributed by atoms with Gasteiger partial charge in [-0.15, -0.1) is 11.6 Å². The van der Waals surface area contributed by atoms with Crippen LogP contribution in [0.1, 0.15) is 13.8 Å². The number of hydrogen-bond donors (Lipinski definition) is 0. The van der Waals surface area contributed by atoms with Crippen LogP contribution in [0.3, 0.4) is 0 Å².